The lowest BCUT2D eigenvalue weighted by molar-refractivity contribution is -0.126. The second-order valence-electron chi connectivity index (χ2n) is 4.09. The van der Waals surface area contributed by atoms with Crippen molar-refractivity contribution in [3.8, 4) is 0 Å². The first-order valence-corrected chi connectivity index (χ1v) is 5.72. The third-order valence-corrected chi connectivity index (χ3v) is 2.77. The number of aryl methyl sites for hydroxylation is 1. The Balaban J connectivity index is 2.55. The number of halogens is 1. The Morgan fingerprint density at radius 1 is 1.53 bits per heavy atom. The number of rotatable bonds is 5. The van der Waals surface area contributed by atoms with Crippen LogP contribution in [0.5, 0.6) is 0 Å². The van der Waals surface area contributed by atoms with Crippen LogP contribution in [0.25, 0.3) is 0 Å². The van der Waals surface area contributed by atoms with Crippen LogP contribution >= 0.6 is 0 Å². The van der Waals surface area contributed by atoms with Crippen LogP contribution in [0.1, 0.15) is 24.5 Å². The van der Waals surface area contributed by atoms with Gasteiger partial charge in [0.25, 0.3) is 0 Å². The number of hydrogen-bond donors (Lipinski definition) is 2. The Bertz CT molecular complexity index is 389. The van der Waals surface area contributed by atoms with E-state index >= 15 is 0 Å². The normalized spacial score (nSPS) is 12.2. The van der Waals surface area contributed by atoms with Gasteiger partial charge in [-0.25, -0.2) is 4.39 Å². The molecule has 94 valence electrons. The molecule has 1 amide bonds. The molecule has 3 nitrogen and oxygen atoms in total. The van der Waals surface area contributed by atoms with Gasteiger partial charge in [0.2, 0.25) is 5.91 Å². The first-order valence-electron chi connectivity index (χ1n) is 5.72. The van der Waals surface area contributed by atoms with Crippen LogP contribution < -0.4 is 5.32 Å². The summed E-state index contributed by atoms with van der Waals surface area (Å²) >= 11 is 0. The molecule has 0 radical (unpaired) electrons. The van der Waals surface area contributed by atoms with Gasteiger partial charge in [-0.2, -0.15) is 0 Å². The lowest BCUT2D eigenvalue weighted by Crippen LogP contribution is -2.31. The molecule has 0 heterocycles. The van der Waals surface area contributed by atoms with E-state index in [1.54, 1.807) is 19.1 Å². The number of aliphatic hydroxyl groups is 1. The SMILES string of the molecule is CCC(CO)C(=O)NCc1ccc(F)c(C)c1. The van der Waals surface area contributed by atoms with E-state index in [1.807, 2.05) is 6.92 Å². The molecule has 1 aromatic rings. The first-order chi connectivity index (χ1) is 8.08. The summed E-state index contributed by atoms with van der Waals surface area (Å²) in [6, 6.07) is 4.73. The van der Waals surface area contributed by atoms with Gasteiger partial charge in [0.15, 0.2) is 0 Å². The molecular weight excluding hydrogens is 221 g/mol. The summed E-state index contributed by atoms with van der Waals surface area (Å²) in [6.07, 6.45) is 0.602. The molecule has 0 aliphatic carbocycles. The third-order valence-electron chi connectivity index (χ3n) is 2.77. The maximum Gasteiger partial charge on any atom is 0.225 e. The second kappa shape index (κ2) is 6.35. The quantitative estimate of drug-likeness (QED) is 0.822. The monoisotopic (exact) mass is 239 g/mol. The van der Waals surface area contributed by atoms with E-state index in [0.717, 1.165) is 5.56 Å². The van der Waals surface area contributed by atoms with E-state index < -0.39 is 0 Å². The Morgan fingerprint density at radius 2 is 2.24 bits per heavy atom. The van der Waals surface area contributed by atoms with Crippen LogP contribution in [0, 0.1) is 18.7 Å². The molecule has 4 heteroatoms. The molecule has 17 heavy (non-hydrogen) atoms. The number of carbonyl (C=O) groups is 1. The molecule has 1 aromatic carbocycles. The number of amides is 1. The van der Waals surface area contributed by atoms with E-state index in [-0.39, 0.29) is 24.2 Å². The smallest absolute Gasteiger partial charge is 0.225 e. The molecule has 1 atom stereocenters. The fraction of sp³-hybridized carbons (Fsp3) is 0.462. The summed E-state index contributed by atoms with van der Waals surface area (Å²) in [7, 11) is 0. The van der Waals surface area contributed by atoms with Gasteiger partial charge in [-0.15, -0.1) is 0 Å². The first kappa shape index (κ1) is 13.6. The fourth-order valence-corrected chi connectivity index (χ4v) is 1.55. The average Bonchev–Trinajstić information content (AvgIpc) is 2.32. The summed E-state index contributed by atoms with van der Waals surface area (Å²) in [5.41, 5.74) is 1.41. The number of carbonyl (C=O) groups excluding carboxylic acids is 1. The van der Waals surface area contributed by atoms with Crippen molar-refractivity contribution < 1.29 is 14.3 Å². The highest BCUT2D eigenvalue weighted by Gasteiger charge is 2.14. The van der Waals surface area contributed by atoms with Crippen LogP contribution in [0.4, 0.5) is 4.39 Å². The minimum atomic E-state index is -0.364. The van der Waals surface area contributed by atoms with Gasteiger partial charge in [-0.05, 0) is 30.5 Å². The van der Waals surface area contributed by atoms with E-state index in [1.165, 1.54) is 6.07 Å². The molecule has 0 saturated carbocycles. The van der Waals surface area contributed by atoms with Gasteiger partial charge in [-0.3, -0.25) is 4.79 Å². The Kier molecular flexibility index (Phi) is 5.10. The Morgan fingerprint density at radius 3 is 2.76 bits per heavy atom. The van der Waals surface area contributed by atoms with Crippen molar-refractivity contribution in [3.05, 3.63) is 35.1 Å². The maximum absolute atomic E-state index is 13.0. The van der Waals surface area contributed by atoms with E-state index in [9.17, 15) is 9.18 Å². The molecule has 1 rings (SSSR count). The summed E-state index contributed by atoms with van der Waals surface area (Å²) in [4.78, 5) is 11.6. The average molecular weight is 239 g/mol. The summed E-state index contributed by atoms with van der Waals surface area (Å²) in [5.74, 6) is -0.782. The summed E-state index contributed by atoms with van der Waals surface area (Å²) < 4.78 is 13.0. The van der Waals surface area contributed by atoms with E-state index in [4.69, 9.17) is 5.11 Å². The molecule has 0 fully saturated rings. The molecule has 2 N–H and O–H groups in total. The van der Waals surface area contributed by atoms with Crippen molar-refractivity contribution in [2.24, 2.45) is 5.92 Å². The highest BCUT2D eigenvalue weighted by molar-refractivity contribution is 5.78. The van der Waals surface area contributed by atoms with Gasteiger partial charge >= 0.3 is 0 Å². The fourth-order valence-electron chi connectivity index (χ4n) is 1.55. The lowest BCUT2D eigenvalue weighted by atomic mass is 10.1. The van der Waals surface area contributed by atoms with Crippen LogP contribution in [-0.2, 0) is 11.3 Å². The molecule has 0 saturated heterocycles. The predicted octanol–water partition coefficient (Wildman–Crippen LogP) is 1.77. The molecule has 0 aromatic heterocycles. The topological polar surface area (TPSA) is 49.3 Å². The van der Waals surface area contributed by atoms with Gasteiger partial charge < -0.3 is 10.4 Å². The van der Waals surface area contributed by atoms with Crippen LogP contribution in [0.3, 0.4) is 0 Å². The third kappa shape index (κ3) is 3.82. The van der Waals surface area contributed by atoms with Gasteiger partial charge in [0, 0.05) is 6.54 Å². The zero-order chi connectivity index (χ0) is 12.8. The van der Waals surface area contributed by atoms with E-state index in [0.29, 0.717) is 18.5 Å². The van der Waals surface area contributed by atoms with Crippen molar-refractivity contribution >= 4 is 5.91 Å². The largest absolute Gasteiger partial charge is 0.396 e. The van der Waals surface area contributed by atoms with Gasteiger partial charge in [0.05, 0.1) is 12.5 Å². The van der Waals surface area contributed by atoms with Crippen molar-refractivity contribution in [2.75, 3.05) is 6.61 Å². The molecule has 0 aliphatic rings. The van der Waals surface area contributed by atoms with Crippen LogP contribution in [-0.4, -0.2) is 17.6 Å². The van der Waals surface area contributed by atoms with Crippen LogP contribution in [0.2, 0.25) is 0 Å². The molecule has 0 aliphatic heterocycles. The number of hydrogen-bond acceptors (Lipinski definition) is 2. The molecule has 1 unspecified atom stereocenters. The molecule has 0 bridgehead atoms. The zero-order valence-corrected chi connectivity index (χ0v) is 10.2. The van der Waals surface area contributed by atoms with Crippen molar-refractivity contribution in [1.82, 2.24) is 5.32 Å². The van der Waals surface area contributed by atoms with E-state index in [2.05, 4.69) is 5.32 Å². The standard InChI is InChI=1S/C13H18FNO2/c1-3-11(8-16)13(17)15-7-10-4-5-12(14)9(2)6-10/h4-6,11,16H,3,7-8H2,1-2H3,(H,15,17). The minimum absolute atomic E-state index is 0.148. The van der Waals surface area contributed by atoms with Gasteiger partial charge in [-0.1, -0.05) is 19.1 Å². The van der Waals surface area contributed by atoms with Crippen molar-refractivity contribution in [1.29, 1.82) is 0 Å². The highest BCUT2D eigenvalue weighted by atomic mass is 19.1. The Labute approximate surface area is 101 Å². The number of aliphatic hydroxyl groups excluding tert-OH is 1. The summed E-state index contributed by atoms with van der Waals surface area (Å²) in [6.45, 7) is 3.74. The maximum atomic E-state index is 13.0. The van der Waals surface area contributed by atoms with Crippen molar-refractivity contribution in [3.63, 3.8) is 0 Å². The number of benzene rings is 1. The Hall–Kier alpha value is -1.42. The van der Waals surface area contributed by atoms with Gasteiger partial charge in [0.1, 0.15) is 5.82 Å². The lowest BCUT2D eigenvalue weighted by Gasteiger charge is -2.12. The second-order valence-corrected chi connectivity index (χ2v) is 4.09. The summed E-state index contributed by atoms with van der Waals surface area (Å²) in [5, 5.41) is 11.7. The van der Waals surface area contributed by atoms with Crippen molar-refractivity contribution in [2.45, 2.75) is 26.8 Å². The zero-order valence-electron chi connectivity index (χ0n) is 10.2. The van der Waals surface area contributed by atoms with Crippen LogP contribution in [0.15, 0.2) is 18.2 Å². The number of nitrogens with one attached hydrogen (secondary N) is 1. The molecular formula is C13H18FNO2. The predicted molar refractivity (Wildman–Crippen MR) is 63.9 cm³/mol. The molecule has 0 spiro atoms. The highest BCUT2D eigenvalue weighted by Crippen LogP contribution is 2.09. The minimum Gasteiger partial charge on any atom is -0.396 e.